The third-order valence-corrected chi connectivity index (χ3v) is 6.37. The third-order valence-electron chi connectivity index (χ3n) is 6.37. The first kappa shape index (κ1) is 30.6. The van der Waals surface area contributed by atoms with Gasteiger partial charge in [-0.15, -0.1) is 0 Å². The van der Waals surface area contributed by atoms with E-state index in [0.29, 0.717) is 43.2 Å². The fourth-order valence-corrected chi connectivity index (χ4v) is 4.33. The van der Waals surface area contributed by atoms with Crippen LogP contribution in [0, 0.1) is 5.92 Å². The highest BCUT2D eigenvalue weighted by atomic mass is 19.4. The summed E-state index contributed by atoms with van der Waals surface area (Å²) in [7, 11) is 0. The van der Waals surface area contributed by atoms with Crippen LogP contribution in [0.25, 0.3) is 0 Å². The van der Waals surface area contributed by atoms with Gasteiger partial charge in [-0.25, -0.2) is 0 Å². The molecule has 216 valence electrons. The Balaban J connectivity index is 0.000000631. The average Bonchev–Trinajstić information content (AvgIpc) is 3.70. The normalized spacial score (nSPS) is 19.3. The maximum atomic E-state index is 13.2. The van der Waals surface area contributed by atoms with Crippen molar-refractivity contribution in [1.29, 1.82) is 0 Å². The van der Waals surface area contributed by atoms with Crippen LogP contribution in [0.2, 0.25) is 0 Å². The van der Waals surface area contributed by atoms with Gasteiger partial charge in [0, 0.05) is 24.3 Å². The zero-order chi connectivity index (χ0) is 29.0. The lowest BCUT2D eigenvalue weighted by atomic mass is 9.89. The highest BCUT2D eigenvalue weighted by molar-refractivity contribution is 5.57. The number of anilines is 1. The Morgan fingerprint density at radius 1 is 0.897 bits per heavy atom. The third kappa shape index (κ3) is 8.51. The second-order valence-electron chi connectivity index (χ2n) is 9.44. The van der Waals surface area contributed by atoms with Gasteiger partial charge in [0.2, 0.25) is 0 Å². The fraction of sp³-hybridized carbons (Fsp3) is 0.500. The quantitative estimate of drug-likeness (QED) is 0.203. The number of fused-ring (bicyclic) bond motifs is 1. The molecule has 4 nitrogen and oxygen atoms in total. The minimum atomic E-state index is -4.98. The summed E-state index contributed by atoms with van der Waals surface area (Å²) in [5.74, 6) is 0.329. The first-order valence-electron chi connectivity index (χ1n) is 12.2. The van der Waals surface area contributed by atoms with Crippen molar-refractivity contribution in [3.05, 3.63) is 64.2 Å². The van der Waals surface area contributed by atoms with Crippen molar-refractivity contribution in [2.24, 2.45) is 5.92 Å². The molecule has 2 aromatic rings. The monoisotopic (exact) mass is 570 g/mol. The largest absolute Gasteiger partial charge is 0.468 e. The molecule has 0 aromatic heterocycles. The fourth-order valence-electron chi connectivity index (χ4n) is 4.33. The number of ether oxygens (including phenoxy) is 1. The Bertz CT molecular complexity index is 1090. The Morgan fingerprint density at radius 3 is 1.95 bits per heavy atom. The van der Waals surface area contributed by atoms with Gasteiger partial charge in [0.05, 0.1) is 23.3 Å². The van der Waals surface area contributed by atoms with E-state index in [9.17, 15) is 44.3 Å². The average molecular weight is 570 g/mol. The number of carbonyl (C=O) groups is 1. The number of carbonyl (C=O) groups excluding carboxylic acids is 1. The highest BCUT2D eigenvalue weighted by Gasteiger charge is 2.40. The van der Waals surface area contributed by atoms with E-state index in [1.807, 2.05) is 6.92 Å². The molecule has 1 heterocycles. The molecule has 1 saturated carbocycles. The van der Waals surface area contributed by atoms with Crippen molar-refractivity contribution in [2.45, 2.75) is 69.8 Å². The molecule has 0 amide bonds. The second kappa shape index (κ2) is 12.1. The maximum Gasteiger partial charge on any atom is 0.416 e. The number of hydrogen-bond donors (Lipinski definition) is 2. The summed E-state index contributed by atoms with van der Waals surface area (Å²) >= 11 is 0. The van der Waals surface area contributed by atoms with Crippen LogP contribution in [0.3, 0.4) is 0 Å². The first-order valence-corrected chi connectivity index (χ1v) is 12.2. The Labute approximate surface area is 218 Å². The van der Waals surface area contributed by atoms with Crippen molar-refractivity contribution < 1.29 is 49.0 Å². The number of nitrogens with one attached hydrogen (secondary N) is 2. The van der Waals surface area contributed by atoms with Gasteiger partial charge in [-0.2, -0.15) is 39.5 Å². The molecule has 2 N–H and O–H groups in total. The van der Waals surface area contributed by atoms with Crippen molar-refractivity contribution in [2.75, 3.05) is 11.9 Å². The maximum absolute atomic E-state index is 13.2. The van der Waals surface area contributed by atoms with E-state index in [2.05, 4.69) is 15.4 Å². The SMILES string of the molecule is CCCOC=O.FC(F)(F)c1cc(CN[C@H]2C[C@@H](C3CC3)Nc3ccc(C(F)(F)F)cc32)cc(C(F)(F)F)c1. The van der Waals surface area contributed by atoms with Crippen LogP contribution < -0.4 is 10.6 Å². The molecule has 13 heteroatoms. The zero-order valence-electron chi connectivity index (χ0n) is 20.7. The lowest BCUT2D eigenvalue weighted by Crippen LogP contribution is -2.36. The Kier molecular flexibility index (Phi) is 9.45. The minimum absolute atomic E-state index is 0.0426. The van der Waals surface area contributed by atoms with Crippen molar-refractivity contribution in [3.8, 4) is 0 Å². The second-order valence-corrected chi connectivity index (χ2v) is 9.44. The Morgan fingerprint density at radius 2 is 1.49 bits per heavy atom. The molecule has 1 aliphatic carbocycles. The van der Waals surface area contributed by atoms with Crippen LogP contribution >= 0.6 is 0 Å². The highest BCUT2D eigenvalue weighted by Crippen LogP contribution is 2.44. The number of rotatable bonds is 7. The van der Waals surface area contributed by atoms with Crippen LogP contribution in [-0.2, 0) is 34.6 Å². The van der Waals surface area contributed by atoms with Gasteiger partial charge in [-0.1, -0.05) is 6.92 Å². The first-order chi connectivity index (χ1) is 18.1. The van der Waals surface area contributed by atoms with Gasteiger partial charge >= 0.3 is 18.5 Å². The number of alkyl halides is 9. The van der Waals surface area contributed by atoms with E-state index >= 15 is 0 Å². The molecule has 4 rings (SSSR count). The lowest BCUT2D eigenvalue weighted by Gasteiger charge is -2.34. The summed E-state index contributed by atoms with van der Waals surface area (Å²) in [4.78, 5) is 9.34. The molecule has 1 aliphatic heterocycles. The predicted octanol–water partition coefficient (Wildman–Crippen LogP) is 7.74. The van der Waals surface area contributed by atoms with E-state index in [4.69, 9.17) is 0 Å². The molecule has 0 unspecified atom stereocenters. The summed E-state index contributed by atoms with van der Waals surface area (Å²) in [6.07, 6.45) is -11.4. The summed E-state index contributed by atoms with van der Waals surface area (Å²) in [5.41, 5.74) is -3.25. The van der Waals surface area contributed by atoms with Crippen LogP contribution in [0.15, 0.2) is 36.4 Å². The van der Waals surface area contributed by atoms with Crippen LogP contribution in [0.1, 0.15) is 66.5 Å². The van der Waals surface area contributed by atoms with Crippen molar-refractivity contribution in [3.63, 3.8) is 0 Å². The van der Waals surface area contributed by atoms with E-state index < -0.39 is 41.3 Å². The summed E-state index contributed by atoms with van der Waals surface area (Å²) < 4.78 is 123. The van der Waals surface area contributed by atoms with Crippen molar-refractivity contribution in [1.82, 2.24) is 5.32 Å². The van der Waals surface area contributed by atoms with E-state index in [1.54, 1.807) is 0 Å². The number of benzene rings is 2. The molecule has 0 spiro atoms. The van der Waals surface area contributed by atoms with E-state index in [0.717, 1.165) is 31.4 Å². The Hall–Kier alpha value is -2.96. The molecule has 1 fully saturated rings. The molecule has 2 aromatic carbocycles. The van der Waals surface area contributed by atoms with Gasteiger partial charge < -0.3 is 15.4 Å². The molecular weight excluding hydrogens is 543 g/mol. The predicted molar refractivity (Wildman–Crippen MR) is 125 cm³/mol. The van der Waals surface area contributed by atoms with Gasteiger partial charge in [0.25, 0.3) is 6.47 Å². The molecule has 2 aliphatic rings. The van der Waals surface area contributed by atoms with Crippen LogP contribution in [-0.4, -0.2) is 19.1 Å². The van der Waals surface area contributed by atoms with Crippen LogP contribution in [0.4, 0.5) is 45.2 Å². The minimum Gasteiger partial charge on any atom is -0.468 e. The van der Waals surface area contributed by atoms with Gasteiger partial charge in [-0.05, 0) is 79.1 Å². The topological polar surface area (TPSA) is 50.4 Å². The number of halogens is 9. The summed E-state index contributed by atoms with van der Waals surface area (Å²) in [6, 6.07) is 3.80. The summed E-state index contributed by atoms with van der Waals surface area (Å²) in [5, 5.41) is 6.12. The van der Waals surface area contributed by atoms with Crippen molar-refractivity contribution >= 4 is 12.2 Å². The van der Waals surface area contributed by atoms with Gasteiger partial charge in [0.1, 0.15) is 0 Å². The van der Waals surface area contributed by atoms with E-state index in [1.165, 1.54) is 6.07 Å². The smallest absolute Gasteiger partial charge is 0.416 e. The number of hydrogen-bond acceptors (Lipinski definition) is 4. The van der Waals surface area contributed by atoms with Gasteiger partial charge in [-0.3, -0.25) is 4.79 Å². The van der Waals surface area contributed by atoms with E-state index in [-0.39, 0.29) is 29.8 Å². The zero-order valence-corrected chi connectivity index (χ0v) is 20.7. The molecule has 2 atom stereocenters. The molecule has 0 saturated heterocycles. The lowest BCUT2D eigenvalue weighted by molar-refractivity contribution is -0.143. The molecule has 0 radical (unpaired) electrons. The van der Waals surface area contributed by atoms with Gasteiger partial charge in [0.15, 0.2) is 0 Å². The van der Waals surface area contributed by atoms with Crippen LogP contribution in [0.5, 0.6) is 0 Å². The molecule has 0 bridgehead atoms. The molecular formula is C26H27F9N2O2. The summed E-state index contributed by atoms with van der Waals surface area (Å²) in [6.45, 7) is 2.58. The standard InChI is InChI=1S/C22H19F9N2.C4H8O2/c23-20(24,25)13-3-4-17-16(8-13)19(9-18(33-17)12-1-2-12)32-10-11-5-14(21(26,27)28)7-15(6-11)22(29,30)31;1-2-3-6-4-5/h3-8,12,18-19,32-33H,1-2,9-10H2;4H,2-3H2,1H3/t18-,19-;/m0./s1. The molecule has 39 heavy (non-hydrogen) atoms.